The molecule has 50 valence electrons. The largest absolute Gasteiger partial charge is 2.00 e. The third-order valence-electron chi connectivity index (χ3n) is 0. The molecule has 2 radical (unpaired) electrons. The Kier molecular flexibility index (Phi) is 17.9. The van der Waals surface area contributed by atoms with Gasteiger partial charge in [-0.15, -0.1) is 0 Å². The fourth-order valence-corrected chi connectivity index (χ4v) is 0. The van der Waals surface area contributed by atoms with Crippen molar-refractivity contribution in [1.29, 1.82) is 0 Å². The molecule has 0 aromatic rings. The van der Waals surface area contributed by atoms with Crippen molar-refractivity contribution in [3.63, 3.8) is 0 Å². The van der Waals surface area contributed by atoms with Gasteiger partial charge in [-0.1, -0.05) is 0 Å². The van der Waals surface area contributed by atoms with E-state index in [0.717, 1.165) is 0 Å². The Morgan fingerprint density at radius 1 is 0.778 bits per heavy atom. The average Bonchev–Trinajstić information content (AvgIpc) is 1.25. The smallest absolute Gasteiger partial charge is 0.356 e. The minimum absolute atomic E-state index is 0. The summed E-state index contributed by atoms with van der Waals surface area (Å²) in [6.45, 7) is 0. The molecule has 0 rings (SSSR count). The minimum atomic E-state index is -1.75. The normalized spacial score (nSPS) is 5.33. The van der Waals surface area contributed by atoms with Crippen LogP contribution in [0.3, 0.4) is 0 Å². The van der Waals surface area contributed by atoms with Gasteiger partial charge in [0.05, 0.1) is 10.2 Å². The molecule has 0 aromatic carbocycles. The summed E-state index contributed by atoms with van der Waals surface area (Å²) in [6, 6.07) is 0. The van der Waals surface area contributed by atoms with Crippen molar-refractivity contribution in [2.45, 2.75) is 0 Å². The van der Waals surface area contributed by atoms with E-state index in [9.17, 15) is 0 Å². The van der Waals surface area contributed by atoms with Crippen molar-refractivity contribution in [2.75, 3.05) is 0 Å². The van der Waals surface area contributed by atoms with Crippen LogP contribution < -0.4 is 0 Å². The quantitative estimate of drug-likeness (QED) is 0.308. The van der Waals surface area contributed by atoms with Crippen LogP contribution in [0.1, 0.15) is 0 Å². The molecule has 0 bridgehead atoms. The molecule has 8 nitrogen and oxygen atoms in total. The van der Waals surface area contributed by atoms with Crippen molar-refractivity contribution < 1.29 is 10.2 Å². The van der Waals surface area contributed by atoms with Crippen LogP contribution in [0, 0.1) is 30.6 Å². The van der Waals surface area contributed by atoms with Crippen LogP contribution in [0.15, 0.2) is 0 Å². The Morgan fingerprint density at radius 2 is 0.778 bits per heavy atom. The van der Waals surface area contributed by atoms with Crippen molar-refractivity contribution >= 4 is 23.9 Å². The zero-order chi connectivity index (χ0) is 7.15. The maximum absolute atomic E-state index is 8.25. The summed E-state index contributed by atoms with van der Waals surface area (Å²) in [5.74, 6) is 0. The zero-order valence-electron chi connectivity index (χ0n) is 3.84. The first-order valence-electron chi connectivity index (χ1n) is 1.10. The third-order valence-corrected chi connectivity index (χ3v) is 0. The maximum atomic E-state index is 8.25. The van der Waals surface area contributed by atoms with Gasteiger partial charge in [0.25, 0.3) is 0 Å². The maximum Gasteiger partial charge on any atom is 2.00 e. The summed E-state index contributed by atoms with van der Waals surface area (Å²) < 4.78 is 0. The van der Waals surface area contributed by atoms with E-state index in [-0.39, 0.29) is 23.9 Å². The van der Waals surface area contributed by atoms with Gasteiger partial charge in [-0.25, -0.2) is 0 Å². The van der Waals surface area contributed by atoms with Gasteiger partial charge in [0.15, 0.2) is 0 Å². The molecule has 0 aliphatic heterocycles. The van der Waals surface area contributed by atoms with Gasteiger partial charge in [0, 0.05) is 0 Å². The van der Waals surface area contributed by atoms with Crippen molar-refractivity contribution in [2.24, 2.45) is 0 Å². The molecule has 0 heterocycles. The van der Waals surface area contributed by atoms with Crippen molar-refractivity contribution in [1.82, 2.24) is 0 Å². The summed E-state index contributed by atoms with van der Waals surface area (Å²) in [5, 5.41) is 29.5. The molecule has 9 heavy (non-hydrogen) atoms. The molecule has 0 saturated carbocycles. The third kappa shape index (κ3) is 303. The van der Waals surface area contributed by atoms with E-state index < -0.39 is 10.2 Å². The number of hydrogen-bond acceptors (Lipinski definition) is 6. The van der Waals surface area contributed by atoms with Gasteiger partial charge in [0.1, 0.15) is 0 Å². The van der Waals surface area contributed by atoms with E-state index >= 15 is 0 Å². The van der Waals surface area contributed by atoms with E-state index in [1.165, 1.54) is 0 Å². The van der Waals surface area contributed by atoms with Crippen LogP contribution in [0.25, 0.3) is 0 Å². The van der Waals surface area contributed by atoms with Crippen LogP contribution in [0.4, 0.5) is 0 Å². The monoisotopic (exact) mass is 244 g/mol. The van der Waals surface area contributed by atoms with E-state index in [0.29, 0.717) is 0 Å². The molecule has 0 saturated heterocycles. The van der Waals surface area contributed by atoms with Crippen LogP contribution in [0.2, 0.25) is 0 Å². The van der Waals surface area contributed by atoms with E-state index in [2.05, 4.69) is 0 Å². The van der Waals surface area contributed by atoms with Gasteiger partial charge >= 0.3 is 23.9 Å². The van der Waals surface area contributed by atoms with Crippen molar-refractivity contribution in [3.05, 3.63) is 30.6 Å². The molecule has 0 N–H and O–H groups in total. The fourth-order valence-electron chi connectivity index (χ4n) is 0. The van der Waals surface area contributed by atoms with E-state index in [4.69, 9.17) is 30.6 Å². The van der Waals surface area contributed by atoms with Crippen LogP contribution >= 0.6 is 0 Å². The van der Waals surface area contributed by atoms with Gasteiger partial charge in [0.2, 0.25) is 0 Å². The molecule has 0 aliphatic rings. The molecular weight excluding hydrogens is 243 g/mol. The fraction of sp³-hybridized carbons (Fsp3) is 0. The molecule has 0 atom stereocenters. The second-order valence-electron chi connectivity index (χ2n) is 0.447. The Bertz CT molecular complexity index is 69.1. The first-order chi connectivity index (χ1) is 3.46. The molecule has 0 spiro atoms. The molecule has 9 heteroatoms. The second-order valence-corrected chi connectivity index (χ2v) is 0.447. The van der Waals surface area contributed by atoms with Gasteiger partial charge in [-0.3, -0.25) is 0 Å². The van der Waals surface area contributed by atoms with E-state index in [1.54, 1.807) is 0 Å². The SMILES string of the molecule is O=[N+]([O-])[O-].O=[N+]([O-])[O-].[Sn+2]. The summed E-state index contributed by atoms with van der Waals surface area (Å²) in [7, 11) is 0. The summed E-state index contributed by atoms with van der Waals surface area (Å²) in [6.07, 6.45) is 0. The molecule has 0 fully saturated rings. The first kappa shape index (κ1) is 15.7. The summed E-state index contributed by atoms with van der Waals surface area (Å²) in [4.78, 5) is 16.5. The predicted molar refractivity (Wildman–Crippen MR) is 26.5 cm³/mol. The van der Waals surface area contributed by atoms with Crippen molar-refractivity contribution in [3.8, 4) is 0 Å². The Balaban J connectivity index is -0.0000000720. The first-order valence-corrected chi connectivity index (χ1v) is 1.10. The summed E-state index contributed by atoms with van der Waals surface area (Å²) in [5.41, 5.74) is 0. The predicted octanol–water partition coefficient (Wildman–Crippen LogP) is -0.859. The Morgan fingerprint density at radius 3 is 0.778 bits per heavy atom. The Labute approximate surface area is 65.3 Å². The number of hydrogen-bond donors (Lipinski definition) is 0. The molecular formula is N2O6Sn. The van der Waals surface area contributed by atoms with Crippen LogP contribution in [-0.2, 0) is 0 Å². The average molecular weight is 243 g/mol. The molecule has 0 aliphatic carbocycles. The standard InChI is InChI=1S/2NO3.Sn/c2*2-1(3)4;/q2*-1;+2. The van der Waals surface area contributed by atoms with Gasteiger partial charge in [-0.05, 0) is 0 Å². The minimum Gasteiger partial charge on any atom is -0.356 e. The molecule has 0 aromatic heterocycles. The number of nitrogens with zero attached hydrogens (tertiary/aromatic N) is 2. The molecule has 0 amide bonds. The van der Waals surface area contributed by atoms with Crippen LogP contribution in [0.5, 0.6) is 0 Å². The molecule has 0 unspecified atom stereocenters. The van der Waals surface area contributed by atoms with Gasteiger partial charge < -0.3 is 30.6 Å². The number of rotatable bonds is 0. The Hall–Kier alpha value is -0.801. The van der Waals surface area contributed by atoms with Gasteiger partial charge in [-0.2, -0.15) is 0 Å². The second kappa shape index (κ2) is 10.2. The summed E-state index contributed by atoms with van der Waals surface area (Å²) >= 11 is 0. The van der Waals surface area contributed by atoms with E-state index in [1.807, 2.05) is 0 Å². The van der Waals surface area contributed by atoms with Crippen LogP contribution in [-0.4, -0.2) is 34.1 Å². The zero-order valence-corrected chi connectivity index (χ0v) is 6.70. The topological polar surface area (TPSA) is 132 Å².